The fourth-order valence-corrected chi connectivity index (χ4v) is 3.06. The third kappa shape index (κ3) is 5.87. The van der Waals surface area contributed by atoms with Crippen LogP contribution in [0.25, 0.3) is 11.3 Å². The number of aliphatic hydroxyl groups is 1. The van der Waals surface area contributed by atoms with Gasteiger partial charge in [0.1, 0.15) is 18.5 Å². The van der Waals surface area contributed by atoms with Crippen LogP contribution in [0.15, 0.2) is 66.7 Å². The van der Waals surface area contributed by atoms with Crippen LogP contribution in [0, 0.1) is 5.82 Å². The Hall–Kier alpha value is -3.29. The van der Waals surface area contributed by atoms with Crippen molar-refractivity contribution in [2.24, 2.45) is 5.73 Å². The monoisotopic (exact) mass is 423 g/mol. The van der Waals surface area contributed by atoms with Crippen LogP contribution >= 0.6 is 0 Å². The number of hydrogen-bond donors (Lipinski definition) is 3. The number of benzene rings is 2. The van der Waals surface area contributed by atoms with Crippen molar-refractivity contribution in [2.75, 3.05) is 6.54 Å². The minimum atomic E-state index is -0.972. The smallest absolute Gasteiger partial charge is 0.408 e. The molecule has 0 spiro atoms. The Bertz CT molecular complexity index is 1020. The lowest BCUT2D eigenvalue weighted by molar-refractivity contribution is 0.129. The number of aromatic nitrogens is 1. The molecule has 2 aromatic carbocycles. The molecule has 1 aromatic heterocycles. The topological polar surface area (TPSA) is 97.5 Å². The molecule has 3 rings (SSSR count). The van der Waals surface area contributed by atoms with E-state index in [4.69, 9.17) is 10.5 Å². The maximum Gasteiger partial charge on any atom is 0.408 e. The first-order valence-corrected chi connectivity index (χ1v) is 9.94. The van der Waals surface area contributed by atoms with Crippen LogP contribution in [0.3, 0.4) is 0 Å². The average molecular weight is 423 g/mol. The highest BCUT2D eigenvalue weighted by Crippen LogP contribution is 2.28. The molecule has 7 heteroatoms. The summed E-state index contributed by atoms with van der Waals surface area (Å²) in [6.07, 6.45) is -1.55. The van der Waals surface area contributed by atoms with Gasteiger partial charge in [0.05, 0.1) is 16.9 Å². The standard InChI is InChI=1S/C24H26FN3O3/c1-24(2,28-23(30)31-15-16-6-4-3-5-7-16)18-12-20(17-8-10-19(25)11-9-17)27-21(13-18)22(29)14-26/h3-13,22,29H,14-15,26H2,1-2H3,(H,28,30). The largest absolute Gasteiger partial charge is 0.445 e. The molecule has 4 N–H and O–H groups in total. The van der Waals surface area contributed by atoms with E-state index in [-0.39, 0.29) is 19.0 Å². The van der Waals surface area contributed by atoms with Crippen LogP contribution in [0.2, 0.25) is 0 Å². The molecule has 1 heterocycles. The molecular weight excluding hydrogens is 397 g/mol. The second kappa shape index (κ2) is 9.68. The molecule has 0 saturated carbocycles. The van der Waals surface area contributed by atoms with E-state index >= 15 is 0 Å². The van der Waals surface area contributed by atoms with E-state index in [1.54, 1.807) is 24.3 Å². The van der Waals surface area contributed by atoms with Crippen molar-refractivity contribution < 1.29 is 19.0 Å². The first-order chi connectivity index (χ1) is 14.8. The molecule has 0 aliphatic heterocycles. The van der Waals surface area contributed by atoms with Gasteiger partial charge in [0.25, 0.3) is 0 Å². The molecule has 1 atom stereocenters. The number of amides is 1. The number of ether oxygens (including phenoxy) is 1. The molecule has 0 aliphatic rings. The van der Waals surface area contributed by atoms with Crippen LogP contribution in [0.4, 0.5) is 9.18 Å². The van der Waals surface area contributed by atoms with Gasteiger partial charge in [-0.05, 0) is 61.4 Å². The van der Waals surface area contributed by atoms with Crippen molar-refractivity contribution in [1.82, 2.24) is 10.3 Å². The normalized spacial score (nSPS) is 12.3. The van der Waals surface area contributed by atoms with Crippen LogP contribution in [0.5, 0.6) is 0 Å². The second-order valence-electron chi connectivity index (χ2n) is 7.74. The number of nitrogens with two attached hydrogens (primary N) is 1. The zero-order valence-electron chi connectivity index (χ0n) is 17.5. The number of nitrogens with one attached hydrogen (secondary N) is 1. The van der Waals surface area contributed by atoms with Gasteiger partial charge in [-0.15, -0.1) is 0 Å². The lowest BCUT2D eigenvalue weighted by atomic mass is 9.92. The Kier molecular flexibility index (Phi) is 6.99. The van der Waals surface area contributed by atoms with Gasteiger partial charge in [-0.2, -0.15) is 0 Å². The van der Waals surface area contributed by atoms with E-state index in [1.165, 1.54) is 12.1 Å². The van der Waals surface area contributed by atoms with Gasteiger partial charge in [0.15, 0.2) is 0 Å². The second-order valence-corrected chi connectivity index (χ2v) is 7.74. The van der Waals surface area contributed by atoms with Gasteiger partial charge < -0.3 is 20.9 Å². The van der Waals surface area contributed by atoms with Gasteiger partial charge >= 0.3 is 6.09 Å². The molecule has 0 saturated heterocycles. The molecule has 0 fully saturated rings. The summed E-state index contributed by atoms with van der Waals surface area (Å²) in [5.74, 6) is -0.356. The molecular formula is C24H26FN3O3. The summed E-state index contributed by atoms with van der Waals surface area (Å²) in [6.45, 7) is 3.78. The molecule has 0 radical (unpaired) electrons. The highest BCUT2D eigenvalue weighted by atomic mass is 19.1. The number of rotatable bonds is 7. The number of aliphatic hydroxyl groups excluding tert-OH is 1. The van der Waals surface area contributed by atoms with E-state index in [0.29, 0.717) is 22.5 Å². The van der Waals surface area contributed by atoms with Gasteiger partial charge in [0.2, 0.25) is 0 Å². The first-order valence-electron chi connectivity index (χ1n) is 9.94. The maximum absolute atomic E-state index is 13.3. The number of carbonyl (C=O) groups is 1. The molecule has 162 valence electrons. The Morgan fingerprint density at radius 2 is 1.84 bits per heavy atom. The van der Waals surface area contributed by atoms with Crippen LogP contribution in [-0.4, -0.2) is 22.7 Å². The number of halogens is 1. The number of nitrogens with zero attached hydrogens (tertiary/aromatic N) is 1. The lowest BCUT2D eigenvalue weighted by Crippen LogP contribution is -2.41. The fraction of sp³-hybridized carbons (Fsp3) is 0.250. The highest BCUT2D eigenvalue weighted by molar-refractivity contribution is 5.69. The molecule has 3 aromatic rings. The molecule has 0 aliphatic carbocycles. The van der Waals surface area contributed by atoms with Gasteiger partial charge in [0, 0.05) is 12.1 Å². The van der Waals surface area contributed by atoms with E-state index in [1.807, 2.05) is 44.2 Å². The Morgan fingerprint density at radius 3 is 2.48 bits per heavy atom. The SMILES string of the molecule is CC(C)(NC(=O)OCc1ccccc1)c1cc(-c2ccc(F)cc2)nc(C(O)CN)c1. The van der Waals surface area contributed by atoms with Crippen molar-refractivity contribution in [1.29, 1.82) is 0 Å². The van der Waals surface area contributed by atoms with Crippen LogP contribution in [-0.2, 0) is 16.9 Å². The fourth-order valence-electron chi connectivity index (χ4n) is 3.06. The molecule has 6 nitrogen and oxygen atoms in total. The summed E-state index contributed by atoms with van der Waals surface area (Å²) in [4.78, 5) is 16.9. The summed E-state index contributed by atoms with van der Waals surface area (Å²) >= 11 is 0. The predicted molar refractivity (Wildman–Crippen MR) is 116 cm³/mol. The number of alkyl carbamates (subject to hydrolysis) is 1. The van der Waals surface area contributed by atoms with Gasteiger partial charge in [-0.3, -0.25) is 0 Å². The Balaban J connectivity index is 1.85. The van der Waals surface area contributed by atoms with Crippen molar-refractivity contribution in [3.63, 3.8) is 0 Å². The average Bonchev–Trinajstić information content (AvgIpc) is 2.77. The quantitative estimate of drug-likeness (QED) is 0.533. The van der Waals surface area contributed by atoms with E-state index in [2.05, 4.69) is 10.3 Å². The summed E-state index contributed by atoms with van der Waals surface area (Å²) in [7, 11) is 0. The Morgan fingerprint density at radius 1 is 1.16 bits per heavy atom. The summed E-state index contributed by atoms with van der Waals surface area (Å²) in [6, 6.07) is 18.8. The van der Waals surface area contributed by atoms with Crippen molar-refractivity contribution >= 4 is 6.09 Å². The lowest BCUT2D eigenvalue weighted by Gasteiger charge is -2.28. The summed E-state index contributed by atoms with van der Waals surface area (Å²) < 4.78 is 18.7. The van der Waals surface area contributed by atoms with Gasteiger partial charge in [-0.25, -0.2) is 14.2 Å². The van der Waals surface area contributed by atoms with Crippen molar-refractivity contribution in [3.05, 3.63) is 89.4 Å². The molecule has 0 bridgehead atoms. The molecule has 1 amide bonds. The predicted octanol–water partition coefficient (Wildman–Crippen LogP) is 4.04. The number of carbonyl (C=O) groups excluding carboxylic acids is 1. The molecule has 1 unspecified atom stereocenters. The van der Waals surface area contributed by atoms with E-state index < -0.39 is 17.7 Å². The third-order valence-electron chi connectivity index (χ3n) is 4.90. The third-order valence-corrected chi connectivity index (χ3v) is 4.90. The number of hydrogen-bond acceptors (Lipinski definition) is 5. The minimum absolute atomic E-state index is 0.00765. The minimum Gasteiger partial charge on any atom is -0.445 e. The molecule has 31 heavy (non-hydrogen) atoms. The van der Waals surface area contributed by atoms with Crippen LogP contribution in [0.1, 0.15) is 36.8 Å². The van der Waals surface area contributed by atoms with Crippen molar-refractivity contribution in [3.8, 4) is 11.3 Å². The maximum atomic E-state index is 13.3. The van der Waals surface area contributed by atoms with Gasteiger partial charge in [-0.1, -0.05) is 30.3 Å². The highest BCUT2D eigenvalue weighted by Gasteiger charge is 2.26. The first kappa shape index (κ1) is 22.4. The summed E-state index contributed by atoms with van der Waals surface area (Å²) in [5.41, 5.74) is 7.93. The zero-order chi connectivity index (χ0) is 22.4. The van der Waals surface area contributed by atoms with Crippen LogP contribution < -0.4 is 11.1 Å². The zero-order valence-corrected chi connectivity index (χ0v) is 17.5. The summed E-state index contributed by atoms with van der Waals surface area (Å²) in [5, 5.41) is 13.1. The van der Waals surface area contributed by atoms with Crippen molar-refractivity contribution in [2.45, 2.75) is 32.1 Å². The van der Waals surface area contributed by atoms with E-state index in [9.17, 15) is 14.3 Å². The van der Waals surface area contributed by atoms with E-state index in [0.717, 1.165) is 5.56 Å². The Labute approximate surface area is 180 Å². The number of pyridine rings is 1.